The Hall–Kier alpha value is -0.590. The molecule has 3 nitrogen and oxygen atoms in total. The molecule has 1 fully saturated rings. The molecule has 0 spiro atoms. The Morgan fingerprint density at radius 1 is 1.38 bits per heavy atom. The number of aliphatic hydroxyl groups is 1. The van der Waals surface area contributed by atoms with Crippen LogP contribution in [0, 0.1) is 22.2 Å². The highest BCUT2D eigenvalue weighted by Gasteiger charge is 2.32. The van der Waals surface area contributed by atoms with E-state index in [1.807, 2.05) is 13.8 Å². The Labute approximate surface area is 98.8 Å². The van der Waals surface area contributed by atoms with Crippen LogP contribution in [0.4, 0.5) is 0 Å². The van der Waals surface area contributed by atoms with E-state index in [2.05, 4.69) is 11.4 Å². The van der Waals surface area contributed by atoms with Crippen LogP contribution in [0.15, 0.2) is 0 Å². The third-order valence-corrected chi connectivity index (χ3v) is 3.73. The molecule has 1 aliphatic rings. The third kappa shape index (κ3) is 3.77. The maximum absolute atomic E-state index is 9.43. The minimum absolute atomic E-state index is 0.122. The second kappa shape index (κ2) is 5.65. The van der Waals surface area contributed by atoms with E-state index in [0.717, 1.165) is 32.4 Å². The van der Waals surface area contributed by atoms with Crippen LogP contribution in [0.5, 0.6) is 0 Å². The molecule has 1 rings (SSSR count). The number of nitriles is 1. The van der Waals surface area contributed by atoms with E-state index in [-0.39, 0.29) is 10.8 Å². The molecule has 16 heavy (non-hydrogen) atoms. The van der Waals surface area contributed by atoms with E-state index in [1.54, 1.807) is 0 Å². The number of hydrogen-bond acceptors (Lipinski definition) is 3. The predicted molar refractivity (Wildman–Crippen MR) is 64.9 cm³/mol. The van der Waals surface area contributed by atoms with Gasteiger partial charge in [-0.1, -0.05) is 12.8 Å². The molecule has 0 heterocycles. The van der Waals surface area contributed by atoms with Crippen molar-refractivity contribution in [2.24, 2.45) is 10.8 Å². The molecule has 0 aliphatic heterocycles. The van der Waals surface area contributed by atoms with E-state index in [1.165, 1.54) is 12.8 Å². The Morgan fingerprint density at radius 3 is 2.50 bits per heavy atom. The highest BCUT2D eigenvalue weighted by molar-refractivity contribution is 4.92. The van der Waals surface area contributed by atoms with Gasteiger partial charge in [0.1, 0.15) is 0 Å². The lowest BCUT2D eigenvalue weighted by Gasteiger charge is -2.27. The molecule has 3 heteroatoms. The molecule has 0 aromatic carbocycles. The minimum atomic E-state index is -0.241. The standard InChI is InChI=1S/C13H24N2O/c1-12(2,9-14)7-8-15-10-13(11-16)5-3-4-6-13/h15-16H,3-8,10-11H2,1-2H3. The second-order valence-electron chi connectivity index (χ2n) is 5.79. The van der Waals surface area contributed by atoms with Gasteiger partial charge in [-0.25, -0.2) is 0 Å². The van der Waals surface area contributed by atoms with Gasteiger partial charge in [0.25, 0.3) is 0 Å². The number of aliphatic hydroxyl groups excluding tert-OH is 1. The van der Waals surface area contributed by atoms with Crippen LogP contribution >= 0.6 is 0 Å². The molecule has 0 saturated heterocycles. The van der Waals surface area contributed by atoms with Gasteiger partial charge in [0, 0.05) is 18.6 Å². The van der Waals surface area contributed by atoms with Crippen molar-refractivity contribution in [2.75, 3.05) is 19.7 Å². The molecule has 2 N–H and O–H groups in total. The Bertz CT molecular complexity index is 249. The fourth-order valence-corrected chi connectivity index (χ4v) is 2.33. The normalized spacial score (nSPS) is 19.6. The van der Waals surface area contributed by atoms with Gasteiger partial charge in [-0.2, -0.15) is 5.26 Å². The van der Waals surface area contributed by atoms with E-state index in [0.29, 0.717) is 6.61 Å². The molecular weight excluding hydrogens is 200 g/mol. The van der Waals surface area contributed by atoms with Crippen LogP contribution in [-0.4, -0.2) is 24.8 Å². The minimum Gasteiger partial charge on any atom is -0.396 e. The van der Waals surface area contributed by atoms with E-state index >= 15 is 0 Å². The maximum Gasteiger partial charge on any atom is 0.0684 e. The highest BCUT2D eigenvalue weighted by atomic mass is 16.3. The van der Waals surface area contributed by atoms with Crippen molar-refractivity contribution in [1.82, 2.24) is 5.32 Å². The van der Waals surface area contributed by atoms with E-state index in [4.69, 9.17) is 5.26 Å². The molecular formula is C13H24N2O. The summed E-state index contributed by atoms with van der Waals surface area (Å²) in [5.74, 6) is 0. The van der Waals surface area contributed by atoms with Crippen molar-refractivity contribution in [2.45, 2.75) is 46.0 Å². The summed E-state index contributed by atoms with van der Waals surface area (Å²) in [5, 5.41) is 21.7. The van der Waals surface area contributed by atoms with Gasteiger partial charge in [-0.15, -0.1) is 0 Å². The van der Waals surface area contributed by atoms with Gasteiger partial charge >= 0.3 is 0 Å². The summed E-state index contributed by atoms with van der Waals surface area (Å²) in [6.07, 6.45) is 5.62. The van der Waals surface area contributed by atoms with Crippen molar-refractivity contribution >= 4 is 0 Å². The topological polar surface area (TPSA) is 56.0 Å². The summed E-state index contributed by atoms with van der Waals surface area (Å²) in [6.45, 7) is 5.98. The smallest absolute Gasteiger partial charge is 0.0684 e. The summed E-state index contributed by atoms with van der Waals surface area (Å²) < 4.78 is 0. The molecule has 0 amide bonds. The quantitative estimate of drug-likeness (QED) is 0.679. The average molecular weight is 224 g/mol. The molecule has 0 unspecified atom stereocenters. The first kappa shape index (κ1) is 13.5. The van der Waals surface area contributed by atoms with Crippen LogP contribution in [0.1, 0.15) is 46.0 Å². The predicted octanol–water partition coefficient (Wildman–Crippen LogP) is 2.07. The number of nitrogens with zero attached hydrogens (tertiary/aromatic N) is 1. The molecule has 0 aromatic rings. The lowest BCUT2D eigenvalue weighted by atomic mass is 9.86. The highest BCUT2D eigenvalue weighted by Crippen LogP contribution is 2.36. The lowest BCUT2D eigenvalue weighted by Crippen LogP contribution is -2.36. The van der Waals surface area contributed by atoms with Crippen LogP contribution in [0.3, 0.4) is 0 Å². The molecule has 0 atom stereocenters. The second-order valence-corrected chi connectivity index (χ2v) is 5.79. The molecule has 92 valence electrons. The lowest BCUT2D eigenvalue weighted by molar-refractivity contribution is 0.128. The zero-order valence-electron chi connectivity index (χ0n) is 10.6. The monoisotopic (exact) mass is 224 g/mol. The van der Waals surface area contributed by atoms with Gasteiger partial charge in [0.05, 0.1) is 11.5 Å². The largest absolute Gasteiger partial charge is 0.396 e. The first-order valence-electron chi connectivity index (χ1n) is 6.26. The van der Waals surface area contributed by atoms with Gasteiger partial charge in [0.15, 0.2) is 0 Å². The van der Waals surface area contributed by atoms with Crippen LogP contribution < -0.4 is 5.32 Å². The van der Waals surface area contributed by atoms with E-state index < -0.39 is 0 Å². The average Bonchev–Trinajstić information content (AvgIpc) is 2.74. The van der Waals surface area contributed by atoms with Crippen LogP contribution in [-0.2, 0) is 0 Å². The van der Waals surface area contributed by atoms with Crippen molar-refractivity contribution < 1.29 is 5.11 Å². The Kier molecular flexibility index (Phi) is 4.76. The summed E-state index contributed by atoms with van der Waals surface area (Å²) >= 11 is 0. The van der Waals surface area contributed by atoms with Gasteiger partial charge in [0.2, 0.25) is 0 Å². The molecule has 0 radical (unpaired) electrons. The van der Waals surface area contributed by atoms with E-state index in [9.17, 15) is 5.11 Å². The number of rotatable bonds is 6. The Morgan fingerprint density at radius 2 is 2.00 bits per heavy atom. The fourth-order valence-electron chi connectivity index (χ4n) is 2.33. The third-order valence-electron chi connectivity index (χ3n) is 3.73. The number of nitrogens with one attached hydrogen (secondary N) is 1. The number of hydrogen-bond donors (Lipinski definition) is 2. The molecule has 0 bridgehead atoms. The first-order chi connectivity index (χ1) is 7.54. The van der Waals surface area contributed by atoms with Gasteiger partial charge in [-0.05, 0) is 39.7 Å². The first-order valence-corrected chi connectivity index (χ1v) is 6.26. The van der Waals surface area contributed by atoms with Crippen molar-refractivity contribution in [3.05, 3.63) is 0 Å². The SMILES string of the molecule is CC(C)(C#N)CCNCC1(CO)CCCC1. The molecule has 0 aromatic heterocycles. The summed E-state index contributed by atoms with van der Waals surface area (Å²) in [5.41, 5.74) is -0.119. The van der Waals surface area contributed by atoms with Crippen molar-refractivity contribution in [3.63, 3.8) is 0 Å². The molecule has 1 aliphatic carbocycles. The fraction of sp³-hybridized carbons (Fsp3) is 0.923. The van der Waals surface area contributed by atoms with Crippen molar-refractivity contribution in [3.8, 4) is 6.07 Å². The summed E-state index contributed by atoms with van der Waals surface area (Å²) in [6, 6.07) is 2.30. The summed E-state index contributed by atoms with van der Waals surface area (Å²) in [7, 11) is 0. The summed E-state index contributed by atoms with van der Waals surface area (Å²) in [4.78, 5) is 0. The zero-order chi connectivity index (χ0) is 12.1. The molecule has 1 saturated carbocycles. The Balaban J connectivity index is 2.22. The van der Waals surface area contributed by atoms with Gasteiger partial charge < -0.3 is 10.4 Å². The van der Waals surface area contributed by atoms with Crippen LogP contribution in [0.25, 0.3) is 0 Å². The van der Waals surface area contributed by atoms with Crippen LogP contribution in [0.2, 0.25) is 0 Å². The maximum atomic E-state index is 9.43. The van der Waals surface area contributed by atoms with Crippen molar-refractivity contribution in [1.29, 1.82) is 5.26 Å². The van der Waals surface area contributed by atoms with Gasteiger partial charge in [-0.3, -0.25) is 0 Å². The zero-order valence-corrected chi connectivity index (χ0v) is 10.6.